The SMILES string of the molecule is O=C(N[C@@H](Cc1ccccc1)C(=O)O)c1ccc(-c2ccccc2)cc1. The van der Waals surface area contributed by atoms with Crippen LogP contribution in [0.1, 0.15) is 15.9 Å². The van der Waals surface area contributed by atoms with Gasteiger partial charge in [0.15, 0.2) is 0 Å². The highest BCUT2D eigenvalue weighted by Gasteiger charge is 2.21. The topological polar surface area (TPSA) is 66.4 Å². The molecular formula is C22H19NO3. The smallest absolute Gasteiger partial charge is 0.326 e. The van der Waals surface area contributed by atoms with Crippen molar-refractivity contribution in [1.29, 1.82) is 0 Å². The van der Waals surface area contributed by atoms with E-state index in [0.29, 0.717) is 5.56 Å². The van der Waals surface area contributed by atoms with E-state index >= 15 is 0 Å². The van der Waals surface area contributed by atoms with Gasteiger partial charge in [-0.3, -0.25) is 4.79 Å². The molecule has 0 bridgehead atoms. The van der Waals surface area contributed by atoms with Gasteiger partial charge in [-0.05, 0) is 28.8 Å². The summed E-state index contributed by atoms with van der Waals surface area (Å²) in [6.45, 7) is 0. The Balaban J connectivity index is 1.70. The summed E-state index contributed by atoms with van der Waals surface area (Å²) in [7, 11) is 0. The van der Waals surface area contributed by atoms with Gasteiger partial charge >= 0.3 is 5.97 Å². The van der Waals surface area contributed by atoms with Crippen molar-refractivity contribution in [3.05, 3.63) is 96.1 Å². The van der Waals surface area contributed by atoms with Gasteiger partial charge in [0.25, 0.3) is 5.91 Å². The zero-order valence-corrected chi connectivity index (χ0v) is 14.1. The van der Waals surface area contributed by atoms with Gasteiger partial charge in [-0.25, -0.2) is 4.79 Å². The Labute approximate surface area is 152 Å². The van der Waals surface area contributed by atoms with E-state index in [2.05, 4.69) is 5.32 Å². The summed E-state index contributed by atoms with van der Waals surface area (Å²) in [4.78, 5) is 23.9. The van der Waals surface area contributed by atoms with Crippen LogP contribution in [0.5, 0.6) is 0 Å². The monoisotopic (exact) mass is 345 g/mol. The highest BCUT2D eigenvalue weighted by atomic mass is 16.4. The molecular weight excluding hydrogens is 326 g/mol. The second-order valence-corrected chi connectivity index (χ2v) is 6.00. The van der Waals surface area contributed by atoms with Crippen LogP contribution in [0.2, 0.25) is 0 Å². The predicted octanol–water partition coefficient (Wildman–Crippen LogP) is 3.78. The number of carboxylic acids is 1. The molecule has 130 valence electrons. The second kappa shape index (κ2) is 8.12. The Morgan fingerprint density at radius 3 is 1.88 bits per heavy atom. The van der Waals surface area contributed by atoms with Gasteiger partial charge in [-0.15, -0.1) is 0 Å². The number of carbonyl (C=O) groups is 2. The van der Waals surface area contributed by atoms with Gasteiger partial charge in [0.2, 0.25) is 0 Å². The number of aliphatic carboxylic acids is 1. The number of hydrogen-bond acceptors (Lipinski definition) is 2. The number of nitrogens with one attached hydrogen (secondary N) is 1. The maximum Gasteiger partial charge on any atom is 0.326 e. The molecule has 26 heavy (non-hydrogen) atoms. The quantitative estimate of drug-likeness (QED) is 0.714. The van der Waals surface area contributed by atoms with Crippen LogP contribution < -0.4 is 5.32 Å². The van der Waals surface area contributed by atoms with Crippen LogP contribution in [0.3, 0.4) is 0 Å². The van der Waals surface area contributed by atoms with E-state index in [1.54, 1.807) is 12.1 Å². The van der Waals surface area contributed by atoms with Crippen LogP contribution in [0, 0.1) is 0 Å². The highest BCUT2D eigenvalue weighted by Crippen LogP contribution is 2.19. The van der Waals surface area contributed by atoms with Crippen molar-refractivity contribution >= 4 is 11.9 Å². The molecule has 0 heterocycles. The summed E-state index contributed by atoms with van der Waals surface area (Å²) >= 11 is 0. The highest BCUT2D eigenvalue weighted by molar-refractivity contribution is 5.97. The minimum Gasteiger partial charge on any atom is -0.480 e. The zero-order chi connectivity index (χ0) is 18.4. The number of hydrogen-bond donors (Lipinski definition) is 2. The maximum absolute atomic E-state index is 12.4. The summed E-state index contributed by atoms with van der Waals surface area (Å²) in [6, 6.07) is 25.3. The van der Waals surface area contributed by atoms with Crippen LogP contribution in [-0.2, 0) is 11.2 Å². The van der Waals surface area contributed by atoms with Gasteiger partial charge in [0.05, 0.1) is 0 Å². The molecule has 0 saturated heterocycles. The van der Waals surface area contributed by atoms with Crippen LogP contribution in [-0.4, -0.2) is 23.0 Å². The number of carboxylic acid groups (broad SMARTS) is 1. The van der Waals surface area contributed by atoms with E-state index in [1.165, 1.54) is 0 Å². The lowest BCUT2D eigenvalue weighted by atomic mass is 10.0. The Bertz CT molecular complexity index is 874. The zero-order valence-electron chi connectivity index (χ0n) is 14.1. The van der Waals surface area contributed by atoms with E-state index in [-0.39, 0.29) is 6.42 Å². The molecule has 0 fully saturated rings. The number of benzene rings is 3. The minimum absolute atomic E-state index is 0.240. The lowest BCUT2D eigenvalue weighted by molar-refractivity contribution is -0.139. The molecule has 4 nitrogen and oxygen atoms in total. The lowest BCUT2D eigenvalue weighted by Crippen LogP contribution is -2.42. The van der Waals surface area contributed by atoms with Crippen LogP contribution >= 0.6 is 0 Å². The summed E-state index contributed by atoms with van der Waals surface area (Å²) in [5.74, 6) is -1.45. The average Bonchev–Trinajstić information content (AvgIpc) is 2.69. The molecule has 1 atom stereocenters. The summed E-state index contributed by atoms with van der Waals surface area (Å²) in [5, 5.41) is 12.0. The summed E-state index contributed by atoms with van der Waals surface area (Å²) < 4.78 is 0. The normalized spacial score (nSPS) is 11.5. The fourth-order valence-electron chi connectivity index (χ4n) is 2.74. The van der Waals surface area contributed by atoms with E-state index in [1.807, 2.05) is 72.8 Å². The average molecular weight is 345 g/mol. The van der Waals surface area contributed by atoms with Crippen molar-refractivity contribution in [2.75, 3.05) is 0 Å². The molecule has 2 N–H and O–H groups in total. The molecule has 0 aliphatic carbocycles. The molecule has 3 aromatic rings. The van der Waals surface area contributed by atoms with Gasteiger partial charge in [0, 0.05) is 12.0 Å². The Morgan fingerprint density at radius 1 is 0.769 bits per heavy atom. The van der Waals surface area contributed by atoms with Crippen LogP contribution in [0.15, 0.2) is 84.9 Å². The van der Waals surface area contributed by atoms with Crippen molar-refractivity contribution in [3.8, 4) is 11.1 Å². The molecule has 0 unspecified atom stereocenters. The third-order valence-electron chi connectivity index (χ3n) is 4.14. The molecule has 4 heteroatoms. The molecule has 1 amide bonds. The summed E-state index contributed by atoms with van der Waals surface area (Å²) in [6.07, 6.45) is 0.240. The van der Waals surface area contributed by atoms with E-state index in [4.69, 9.17) is 0 Å². The van der Waals surface area contributed by atoms with Gasteiger partial charge in [-0.2, -0.15) is 0 Å². The Kier molecular flexibility index (Phi) is 5.44. The van der Waals surface area contributed by atoms with Crippen LogP contribution in [0.4, 0.5) is 0 Å². The van der Waals surface area contributed by atoms with Crippen molar-refractivity contribution in [2.24, 2.45) is 0 Å². The standard InChI is InChI=1S/C22H19NO3/c24-21(23-20(22(25)26)15-16-7-3-1-4-8-16)19-13-11-18(12-14-19)17-9-5-2-6-10-17/h1-14,20H,15H2,(H,23,24)(H,25,26)/t20-/m0/s1. The van der Waals surface area contributed by atoms with Crippen molar-refractivity contribution in [3.63, 3.8) is 0 Å². The van der Waals surface area contributed by atoms with E-state index in [0.717, 1.165) is 16.7 Å². The molecule has 0 aliphatic heterocycles. The molecule has 3 rings (SSSR count). The number of rotatable bonds is 6. The minimum atomic E-state index is -1.05. The molecule has 0 radical (unpaired) electrons. The van der Waals surface area contributed by atoms with Crippen molar-refractivity contribution < 1.29 is 14.7 Å². The lowest BCUT2D eigenvalue weighted by Gasteiger charge is -2.15. The first kappa shape index (κ1) is 17.4. The molecule has 0 aromatic heterocycles. The molecule has 3 aromatic carbocycles. The third kappa shape index (κ3) is 4.36. The fraction of sp³-hybridized carbons (Fsp3) is 0.0909. The molecule has 0 spiro atoms. The second-order valence-electron chi connectivity index (χ2n) is 6.00. The first-order valence-corrected chi connectivity index (χ1v) is 8.36. The fourth-order valence-corrected chi connectivity index (χ4v) is 2.74. The van der Waals surface area contributed by atoms with Crippen LogP contribution in [0.25, 0.3) is 11.1 Å². The van der Waals surface area contributed by atoms with Crippen molar-refractivity contribution in [1.82, 2.24) is 5.32 Å². The van der Waals surface area contributed by atoms with Gasteiger partial charge in [-0.1, -0.05) is 72.8 Å². The largest absolute Gasteiger partial charge is 0.480 e. The van der Waals surface area contributed by atoms with Crippen molar-refractivity contribution in [2.45, 2.75) is 12.5 Å². The first-order chi connectivity index (χ1) is 12.6. The third-order valence-corrected chi connectivity index (χ3v) is 4.14. The number of amides is 1. The van der Waals surface area contributed by atoms with E-state index < -0.39 is 17.9 Å². The Hall–Kier alpha value is -3.40. The van der Waals surface area contributed by atoms with E-state index in [9.17, 15) is 14.7 Å². The number of carbonyl (C=O) groups excluding carboxylic acids is 1. The Morgan fingerprint density at radius 2 is 1.31 bits per heavy atom. The maximum atomic E-state index is 12.4. The summed E-state index contributed by atoms with van der Waals surface area (Å²) in [5.41, 5.74) is 3.36. The predicted molar refractivity (Wildman–Crippen MR) is 101 cm³/mol. The molecule has 0 aliphatic rings. The van der Waals surface area contributed by atoms with Gasteiger partial charge in [0.1, 0.15) is 6.04 Å². The van der Waals surface area contributed by atoms with Gasteiger partial charge < -0.3 is 10.4 Å². The molecule has 0 saturated carbocycles. The first-order valence-electron chi connectivity index (χ1n) is 8.36.